The van der Waals surface area contributed by atoms with Gasteiger partial charge in [0, 0.05) is 11.5 Å². The predicted molar refractivity (Wildman–Crippen MR) is 51.0 cm³/mol. The Labute approximate surface area is 89.9 Å². The second kappa shape index (κ2) is 9.09. The van der Waals surface area contributed by atoms with Gasteiger partial charge in [0.05, 0.1) is 11.5 Å². The van der Waals surface area contributed by atoms with E-state index in [0.717, 1.165) is 23.5 Å². The maximum atomic E-state index is 8.38. The molecule has 0 bridgehead atoms. The fraction of sp³-hybridized carbons (Fsp3) is 0.667. The van der Waals surface area contributed by atoms with Gasteiger partial charge in [-0.3, -0.25) is 10.4 Å². The molecule has 0 aliphatic heterocycles. The molecule has 2 N–H and O–H groups in total. The summed E-state index contributed by atoms with van der Waals surface area (Å²) in [5, 5.41) is 36.6. The highest BCUT2D eigenvalue weighted by molar-refractivity contribution is 8.04. The molecule has 0 amide bonds. The average molecular weight is 235 g/mol. The highest BCUT2D eigenvalue weighted by atomic mass is 32.2. The van der Waals surface area contributed by atoms with Crippen LogP contribution in [0, 0.1) is 21.3 Å². The van der Waals surface area contributed by atoms with E-state index in [1.807, 2.05) is 10.8 Å². The van der Waals surface area contributed by atoms with Gasteiger partial charge in [-0.05, 0) is 29.9 Å². The Morgan fingerprint density at radius 1 is 1.29 bits per heavy atom. The van der Waals surface area contributed by atoms with Crippen molar-refractivity contribution in [3.63, 3.8) is 0 Å². The Hall–Kier alpha value is -0.480. The van der Waals surface area contributed by atoms with Crippen molar-refractivity contribution >= 4 is 23.5 Å². The second-order valence-electron chi connectivity index (χ2n) is 2.11. The lowest BCUT2D eigenvalue weighted by Gasteiger charge is -2.15. The lowest BCUT2D eigenvalue weighted by atomic mass is 10.3. The summed E-state index contributed by atoms with van der Waals surface area (Å²) in [7, 11) is 0. The molecule has 0 rings (SSSR count). The van der Waals surface area contributed by atoms with Crippen molar-refractivity contribution in [1.29, 1.82) is 10.5 Å². The zero-order chi connectivity index (χ0) is 10.8. The summed E-state index contributed by atoms with van der Waals surface area (Å²) in [6.07, 6.45) is -0.0275. The zero-order valence-corrected chi connectivity index (χ0v) is 8.79. The molecule has 0 aliphatic rings. The first kappa shape index (κ1) is 13.5. The van der Waals surface area contributed by atoms with Crippen molar-refractivity contribution in [3.8, 4) is 10.8 Å². The fourth-order valence-corrected chi connectivity index (χ4v) is 1.63. The highest BCUT2D eigenvalue weighted by Gasteiger charge is 2.12. The van der Waals surface area contributed by atoms with E-state index in [1.54, 1.807) is 0 Å². The van der Waals surface area contributed by atoms with Crippen molar-refractivity contribution < 1.29 is 15.3 Å². The van der Waals surface area contributed by atoms with E-state index in [1.165, 1.54) is 0 Å². The van der Waals surface area contributed by atoms with Crippen LogP contribution in [0.4, 0.5) is 0 Å². The Bertz CT molecular complexity index is 225. The quantitative estimate of drug-likeness (QED) is 0.385. The van der Waals surface area contributed by atoms with E-state index in [2.05, 4.69) is 4.84 Å². The monoisotopic (exact) mass is 235 g/mol. The van der Waals surface area contributed by atoms with Crippen LogP contribution in [0.1, 0.15) is 6.42 Å². The molecular formula is C6H9N3O3S2. The number of thioether (sulfide) groups is 2. The molecule has 1 atom stereocenters. The van der Waals surface area contributed by atoms with Gasteiger partial charge in [0.15, 0.2) is 0 Å². The average Bonchev–Trinajstić information content (AvgIpc) is 2.13. The molecule has 1 unspecified atom stereocenters. The lowest BCUT2D eigenvalue weighted by Crippen LogP contribution is -2.26. The SMILES string of the molecule is N#CSCCC(CSC#N)ON(O)O. The minimum absolute atomic E-state index is 0.320. The minimum Gasteiger partial charge on any atom is -0.266 e. The van der Waals surface area contributed by atoms with Gasteiger partial charge >= 0.3 is 0 Å². The van der Waals surface area contributed by atoms with Crippen LogP contribution in [-0.4, -0.2) is 33.4 Å². The fourth-order valence-electron chi connectivity index (χ4n) is 0.666. The highest BCUT2D eigenvalue weighted by Crippen LogP contribution is 2.11. The van der Waals surface area contributed by atoms with Crippen molar-refractivity contribution in [2.75, 3.05) is 11.5 Å². The predicted octanol–water partition coefficient (Wildman–Crippen LogP) is 1.19. The van der Waals surface area contributed by atoms with E-state index in [-0.39, 0.29) is 5.39 Å². The van der Waals surface area contributed by atoms with Crippen LogP contribution >= 0.6 is 23.5 Å². The van der Waals surface area contributed by atoms with Gasteiger partial charge in [-0.25, -0.2) is 4.84 Å². The topological polar surface area (TPSA) is 101 Å². The second-order valence-corrected chi connectivity index (χ2v) is 3.79. The molecular weight excluding hydrogens is 226 g/mol. The first-order valence-corrected chi connectivity index (χ1v) is 5.54. The molecule has 0 aliphatic carbocycles. The Kier molecular flexibility index (Phi) is 8.78. The molecule has 0 aromatic rings. The van der Waals surface area contributed by atoms with Crippen LogP contribution in [0.2, 0.25) is 0 Å². The first-order valence-electron chi connectivity index (χ1n) is 3.57. The van der Waals surface area contributed by atoms with E-state index in [0.29, 0.717) is 17.9 Å². The summed E-state index contributed by atoms with van der Waals surface area (Å²) in [6, 6.07) is 0. The molecule has 14 heavy (non-hydrogen) atoms. The van der Waals surface area contributed by atoms with E-state index in [4.69, 9.17) is 20.9 Å². The summed E-state index contributed by atoms with van der Waals surface area (Å²) in [5.74, 6) is 0.834. The van der Waals surface area contributed by atoms with E-state index >= 15 is 0 Å². The molecule has 78 valence electrons. The van der Waals surface area contributed by atoms with Crippen LogP contribution in [0.25, 0.3) is 0 Å². The lowest BCUT2D eigenvalue weighted by molar-refractivity contribution is -0.503. The maximum Gasteiger partial charge on any atom is 0.133 e. The molecule has 8 heteroatoms. The van der Waals surface area contributed by atoms with Crippen molar-refractivity contribution in [1.82, 2.24) is 5.39 Å². The number of rotatable bonds is 7. The third-order valence-electron chi connectivity index (χ3n) is 1.18. The first-order chi connectivity index (χ1) is 6.70. The molecule has 0 saturated heterocycles. The van der Waals surface area contributed by atoms with Crippen molar-refractivity contribution in [3.05, 3.63) is 0 Å². The molecule has 0 fully saturated rings. The smallest absolute Gasteiger partial charge is 0.133 e. The summed E-state index contributed by atoms with van der Waals surface area (Å²) in [6.45, 7) is 0. The van der Waals surface area contributed by atoms with Gasteiger partial charge in [-0.1, -0.05) is 0 Å². The summed E-state index contributed by atoms with van der Waals surface area (Å²) < 4.78 is 0. The van der Waals surface area contributed by atoms with Crippen LogP contribution in [0.5, 0.6) is 0 Å². The van der Waals surface area contributed by atoms with Gasteiger partial charge in [0.1, 0.15) is 10.8 Å². The number of nitriles is 2. The van der Waals surface area contributed by atoms with Crippen LogP contribution in [0.3, 0.4) is 0 Å². The van der Waals surface area contributed by atoms with Gasteiger partial charge < -0.3 is 0 Å². The Morgan fingerprint density at radius 2 is 1.93 bits per heavy atom. The minimum atomic E-state index is -0.490. The summed E-state index contributed by atoms with van der Waals surface area (Å²) in [5.41, 5.74) is 0. The van der Waals surface area contributed by atoms with Crippen LogP contribution < -0.4 is 0 Å². The number of thiocyanates is 2. The normalized spacial score (nSPS) is 12.1. The Morgan fingerprint density at radius 3 is 2.43 bits per heavy atom. The number of hydrogen-bond acceptors (Lipinski definition) is 8. The number of nitrogens with zero attached hydrogens (tertiary/aromatic N) is 3. The van der Waals surface area contributed by atoms with E-state index < -0.39 is 6.10 Å². The molecule has 0 heterocycles. The van der Waals surface area contributed by atoms with E-state index in [9.17, 15) is 0 Å². The zero-order valence-electron chi connectivity index (χ0n) is 7.16. The Balaban J connectivity index is 3.74. The maximum absolute atomic E-state index is 8.38. The summed E-state index contributed by atoms with van der Waals surface area (Å²) >= 11 is 2.00. The largest absolute Gasteiger partial charge is 0.266 e. The van der Waals surface area contributed by atoms with Crippen LogP contribution in [0.15, 0.2) is 0 Å². The third kappa shape index (κ3) is 8.13. The molecule has 6 nitrogen and oxygen atoms in total. The van der Waals surface area contributed by atoms with Crippen molar-refractivity contribution in [2.24, 2.45) is 0 Å². The van der Waals surface area contributed by atoms with Gasteiger partial charge in [0.25, 0.3) is 0 Å². The standard InChI is InChI=1S/C6H9N3O3S2/c7-4-13-2-1-6(3-14-5-8)12-9(10)11/h6,10-11H,1-3H2. The van der Waals surface area contributed by atoms with Crippen molar-refractivity contribution in [2.45, 2.75) is 12.5 Å². The molecule has 0 saturated carbocycles. The summed E-state index contributed by atoms with van der Waals surface area (Å²) in [4.78, 5) is 4.55. The number of hydrogen-bond donors (Lipinski definition) is 2. The third-order valence-corrected chi connectivity index (χ3v) is 2.42. The van der Waals surface area contributed by atoms with Crippen LogP contribution in [-0.2, 0) is 4.84 Å². The molecule has 0 radical (unpaired) electrons. The molecule has 0 spiro atoms. The van der Waals surface area contributed by atoms with Gasteiger partial charge in [0.2, 0.25) is 0 Å². The molecule has 0 aromatic carbocycles. The van der Waals surface area contributed by atoms with Gasteiger partial charge in [-0.2, -0.15) is 10.5 Å². The molecule has 0 aromatic heterocycles. The van der Waals surface area contributed by atoms with Gasteiger partial charge in [-0.15, -0.1) is 0 Å².